The first-order chi connectivity index (χ1) is 10.7. The second-order valence-corrected chi connectivity index (χ2v) is 7.90. The largest absolute Gasteiger partial charge is 0.351 e. The van der Waals surface area contributed by atoms with Crippen LogP contribution >= 0.6 is 22.9 Å². The molecule has 5 heteroatoms. The zero-order valence-electron chi connectivity index (χ0n) is 12.3. The Bertz CT molecular complexity index is 706. The van der Waals surface area contributed by atoms with E-state index in [1.54, 1.807) is 11.3 Å². The van der Waals surface area contributed by atoms with Gasteiger partial charge in [0.1, 0.15) is 0 Å². The van der Waals surface area contributed by atoms with Crippen LogP contribution in [0.5, 0.6) is 0 Å². The minimum atomic E-state index is 0.140. The molecule has 0 spiro atoms. The van der Waals surface area contributed by atoms with E-state index in [1.807, 2.05) is 18.2 Å². The van der Waals surface area contributed by atoms with E-state index in [0.717, 1.165) is 26.5 Å². The lowest BCUT2D eigenvalue weighted by atomic mass is 9.84. The van der Waals surface area contributed by atoms with Crippen LogP contribution in [0.25, 0.3) is 10.1 Å². The summed E-state index contributed by atoms with van der Waals surface area (Å²) >= 11 is 7.84. The number of amides is 1. The fourth-order valence-electron chi connectivity index (χ4n) is 3.71. The van der Waals surface area contributed by atoms with E-state index in [2.05, 4.69) is 16.3 Å². The highest BCUT2D eigenvalue weighted by Gasteiger charge is 2.34. The third-order valence-corrected chi connectivity index (χ3v) is 6.50. The van der Waals surface area contributed by atoms with Crippen molar-refractivity contribution in [2.24, 2.45) is 5.92 Å². The normalized spacial score (nSPS) is 27.2. The number of halogens is 1. The van der Waals surface area contributed by atoms with Gasteiger partial charge in [0, 0.05) is 17.5 Å². The SMILES string of the molecule is O=C(Cc1cc2cccc(Cl)c2s1)N[C@H]1CN2CCC1CC2. The van der Waals surface area contributed by atoms with Crippen molar-refractivity contribution in [2.75, 3.05) is 19.6 Å². The molecule has 3 aliphatic rings. The van der Waals surface area contributed by atoms with Gasteiger partial charge in [0.05, 0.1) is 16.1 Å². The predicted octanol–water partition coefficient (Wildman–Crippen LogP) is 3.31. The molecule has 2 aromatic rings. The monoisotopic (exact) mass is 334 g/mol. The van der Waals surface area contributed by atoms with E-state index in [4.69, 9.17) is 11.6 Å². The van der Waals surface area contributed by atoms with Crippen molar-refractivity contribution in [3.8, 4) is 0 Å². The molecule has 0 saturated carbocycles. The maximum Gasteiger partial charge on any atom is 0.225 e. The van der Waals surface area contributed by atoms with Gasteiger partial charge in [0.15, 0.2) is 0 Å². The molecule has 3 fully saturated rings. The summed E-state index contributed by atoms with van der Waals surface area (Å²) in [5.74, 6) is 0.812. The number of nitrogens with one attached hydrogen (secondary N) is 1. The summed E-state index contributed by atoms with van der Waals surface area (Å²) in [6, 6.07) is 8.33. The van der Waals surface area contributed by atoms with Crippen molar-refractivity contribution in [3.05, 3.63) is 34.2 Å². The van der Waals surface area contributed by atoms with Crippen molar-refractivity contribution < 1.29 is 4.79 Å². The van der Waals surface area contributed by atoms with Crippen molar-refractivity contribution in [1.29, 1.82) is 0 Å². The summed E-state index contributed by atoms with van der Waals surface area (Å²) < 4.78 is 1.08. The van der Waals surface area contributed by atoms with Crippen LogP contribution in [0.15, 0.2) is 24.3 Å². The molecule has 1 atom stereocenters. The molecule has 1 aromatic carbocycles. The van der Waals surface area contributed by atoms with Crippen molar-refractivity contribution in [1.82, 2.24) is 10.2 Å². The zero-order valence-corrected chi connectivity index (χ0v) is 13.9. The average molecular weight is 335 g/mol. The van der Waals surface area contributed by atoms with E-state index in [-0.39, 0.29) is 5.91 Å². The Kier molecular flexibility index (Phi) is 3.84. The minimum Gasteiger partial charge on any atom is -0.351 e. The third-order valence-electron chi connectivity index (χ3n) is 4.88. The number of carbonyl (C=O) groups excluding carboxylic acids is 1. The Balaban J connectivity index is 1.44. The number of benzene rings is 1. The van der Waals surface area contributed by atoms with Crippen LogP contribution in [0, 0.1) is 5.92 Å². The van der Waals surface area contributed by atoms with Gasteiger partial charge in [-0.05, 0) is 49.4 Å². The quantitative estimate of drug-likeness (QED) is 0.934. The Morgan fingerprint density at radius 1 is 1.36 bits per heavy atom. The van der Waals surface area contributed by atoms with E-state index in [1.165, 1.54) is 25.9 Å². The first-order valence-corrected chi connectivity index (χ1v) is 9.07. The first kappa shape index (κ1) is 14.5. The molecule has 0 radical (unpaired) electrons. The molecule has 3 saturated heterocycles. The van der Waals surface area contributed by atoms with Crippen LogP contribution in [-0.2, 0) is 11.2 Å². The molecule has 3 aliphatic heterocycles. The maximum atomic E-state index is 12.4. The number of thiophene rings is 1. The minimum absolute atomic E-state index is 0.140. The first-order valence-electron chi connectivity index (χ1n) is 7.88. The van der Waals surface area contributed by atoms with Gasteiger partial charge in [0.25, 0.3) is 0 Å². The molecule has 116 valence electrons. The molecule has 1 aromatic heterocycles. The number of fused-ring (bicyclic) bond motifs is 4. The highest BCUT2D eigenvalue weighted by molar-refractivity contribution is 7.19. The Morgan fingerprint density at radius 3 is 2.86 bits per heavy atom. The highest BCUT2D eigenvalue weighted by atomic mass is 35.5. The van der Waals surface area contributed by atoms with Gasteiger partial charge >= 0.3 is 0 Å². The van der Waals surface area contributed by atoms with Crippen LogP contribution in [0.3, 0.4) is 0 Å². The summed E-state index contributed by atoms with van der Waals surface area (Å²) in [4.78, 5) is 15.9. The lowest BCUT2D eigenvalue weighted by Gasteiger charge is -2.44. The molecule has 3 nitrogen and oxygen atoms in total. The second-order valence-electron chi connectivity index (χ2n) is 6.36. The fraction of sp³-hybridized carbons (Fsp3) is 0.471. The molecular formula is C17H19ClN2OS. The van der Waals surface area contributed by atoms with E-state index < -0.39 is 0 Å². The molecule has 2 bridgehead atoms. The molecule has 4 heterocycles. The van der Waals surface area contributed by atoms with Crippen LogP contribution in [0.2, 0.25) is 5.02 Å². The fourth-order valence-corrected chi connectivity index (χ4v) is 5.07. The van der Waals surface area contributed by atoms with E-state index >= 15 is 0 Å². The Hall–Kier alpha value is -1.10. The number of piperidine rings is 3. The average Bonchev–Trinajstić information content (AvgIpc) is 2.92. The lowest BCUT2D eigenvalue weighted by Crippen LogP contribution is -2.57. The third kappa shape index (κ3) is 2.75. The number of nitrogens with zero attached hydrogens (tertiary/aromatic N) is 1. The van der Waals surface area contributed by atoms with Crippen LogP contribution < -0.4 is 5.32 Å². The van der Waals surface area contributed by atoms with Crippen molar-refractivity contribution in [3.63, 3.8) is 0 Å². The number of hydrogen-bond acceptors (Lipinski definition) is 3. The van der Waals surface area contributed by atoms with Crippen LogP contribution in [0.1, 0.15) is 17.7 Å². The van der Waals surface area contributed by atoms with Gasteiger partial charge in [-0.3, -0.25) is 4.79 Å². The number of rotatable bonds is 3. The van der Waals surface area contributed by atoms with Crippen LogP contribution in [0.4, 0.5) is 0 Å². The molecule has 0 aliphatic carbocycles. The highest BCUT2D eigenvalue weighted by Crippen LogP contribution is 2.32. The van der Waals surface area contributed by atoms with Crippen molar-refractivity contribution in [2.45, 2.75) is 25.3 Å². The van der Waals surface area contributed by atoms with Gasteiger partial charge in [-0.25, -0.2) is 0 Å². The number of hydrogen-bond donors (Lipinski definition) is 1. The van der Waals surface area contributed by atoms with Crippen molar-refractivity contribution >= 4 is 38.9 Å². The standard InChI is InChI=1S/C17H19ClN2OS/c18-14-3-1-2-12-8-13(22-17(12)14)9-16(21)19-15-10-20-6-4-11(15)5-7-20/h1-3,8,11,15H,4-7,9-10H2,(H,19,21)/t15-/m0/s1. The molecular weight excluding hydrogens is 316 g/mol. The Morgan fingerprint density at radius 2 is 2.18 bits per heavy atom. The topological polar surface area (TPSA) is 32.3 Å². The molecule has 22 heavy (non-hydrogen) atoms. The summed E-state index contributed by atoms with van der Waals surface area (Å²) in [5.41, 5.74) is 0. The van der Waals surface area contributed by atoms with E-state index in [9.17, 15) is 4.79 Å². The molecule has 5 rings (SSSR count). The van der Waals surface area contributed by atoms with E-state index in [0.29, 0.717) is 18.4 Å². The maximum absolute atomic E-state index is 12.4. The zero-order chi connectivity index (χ0) is 15.1. The van der Waals surface area contributed by atoms with Gasteiger partial charge in [-0.15, -0.1) is 11.3 Å². The smallest absolute Gasteiger partial charge is 0.225 e. The summed E-state index contributed by atoms with van der Waals surface area (Å²) in [6.07, 6.45) is 2.91. The predicted molar refractivity (Wildman–Crippen MR) is 91.6 cm³/mol. The van der Waals surface area contributed by atoms with Gasteiger partial charge in [-0.1, -0.05) is 23.7 Å². The molecule has 1 amide bonds. The van der Waals surface area contributed by atoms with Gasteiger partial charge < -0.3 is 10.2 Å². The lowest BCUT2D eigenvalue weighted by molar-refractivity contribution is -0.122. The number of carbonyl (C=O) groups is 1. The second kappa shape index (κ2) is 5.84. The van der Waals surface area contributed by atoms with Gasteiger partial charge in [0.2, 0.25) is 5.91 Å². The van der Waals surface area contributed by atoms with Gasteiger partial charge in [-0.2, -0.15) is 0 Å². The van der Waals surface area contributed by atoms with Crippen LogP contribution in [-0.4, -0.2) is 36.5 Å². The summed E-state index contributed by atoms with van der Waals surface area (Å²) in [6.45, 7) is 3.42. The summed E-state index contributed by atoms with van der Waals surface area (Å²) in [5, 5.41) is 5.15. The summed E-state index contributed by atoms with van der Waals surface area (Å²) in [7, 11) is 0. The Labute approximate surface area is 139 Å². The molecule has 1 N–H and O–H groups in total. The molecule has 0 unspecified atom stereocenters.